The third-order valence-corrected chi connectivity index (χ3v) is 2.85. The van der Waals surface area contributed by atoms with Crippen LogP contribution in [0.4, 0.5) is 10.1 Å². The Morgan fingerprint density at radius 2 is 2.07 bits per heavy atom. The molecule has 0 spiro atoms. The molecule has 0 aliphatic carbocycles. The van der Waals surface area contributed by atoms with Crippen molar-refractivity contribution in [3.05, 3.63) is 24.0 Å². The molecule has 1 aromatic rings. The Morgan fingerprint density at radius 1 is 1.40 bits per heavy atom. The van der Waals surface area contributed by atoms with E-state index in [9.17, 15) is 9.50 Å². The van der Waals surface area contributed by atoms with E-state index >= 15 is 0 Å². The SMILES string of the molecule is CC(C)(O)CCSc1cc(N)cc(F)c1. The van der Waals surface area contributed by atoms with Gasteiger partial charge >= 0.3 is 0 Å². The molecule has 0 aliphatic heterocycles. The molecule has 0 heterocycles. The van der Waals surface area contributed by atoms with Gasteiger partial charge in [-0.2, -0.15) is 0 Å². The normalized spacial score (nSPS) is 11.7. The minimum absolute atomic E-state index is 0.319. The zero-order valence-electron chi connectivity index (χ0n) is 8.96. The van der Waals surface area contributed by atoms with Crippen LogP contribution in [0.5, 0.6) is 0 Å². The molecular formula is C11H16FNOS. The summed E-state index contributed by atoms with van der Waals surface area (Å²) >= 11 is 1.50. The molecule has 1 rings (SSSR count). The second-order valence-electron chi connectivity index (χ2n) is 4.13. The van der Waals surface area contributed by atoms with E-state index in [2.05, 4.69) is 0 Å². The van der Waals surface area contributed by atoms with Crippen LogP contribution in [-0.2, 0) is 0 Å². The number of hydrogen-bond donors (Lipinski definition) is 2. The Labute approximate surface area is 93.7 Å². The van der Waals surface area contributed by atoms with Crippen molar-refractivity contribution in [2.75, 3.05) is 11.5 Å². The van der Waals surface area contributed by atoms with Gasteiger partial charge in [-0.3, -0.25) is 0 Å². The molecule has 0 amide bonds. The lowest BCUT2D eigenvalue weighted by Crippen LogP contribution is -2.18. The minimum Gasteiger partial charge on any atom is -0.399 e. The lowest BCUT2D eigenvalue weighted by atomic mass is 10.1. The molecule has 0 atom stereocenters. The van der Waals surface area contributed by atoms with Gasteiger partial charge < -0.3 is 10.8 Å². The van der Waals surface area contributed by atoms with E-state index in [0.717, 1.165) is 10.6 Å². The Balaban J connectivity index is 2.51. The first kappa shape index (κ1) is 12.3. The minimum atomic E-state index is -0.675. The monoisotopic (exact) mass is 229 g/mol. The molecule has 0 saturated carbocycles. The van der Waals surface area contributed by atoms with Gasteiger partial charge in [0.1, 0.15) is 5.82 Å². The Morgan fingerprint density at radius 3 is 2.60 bits per heavy atom. The predicted octanol–water partition coefficient (Wildman–Crippen LogP) is 2.66. The Bertz CT molecular complexity index is 316. The second-order valence-corrected chi connectivity index (χ2v) is 5.30. The van der Waals surface area contributed by atoms with Gasteiger partial charge in [0.05, 0.1) is 5.60 Å². The first-order chi connectivity index (χ1) is 6.87. The molecule has 0 aliphatic rings. The first-order valence-electron chi connectivity index (χ1n) is 4.78. The maximum atomic E-state index is 12.9. The summed E-state index contributed by atoms with van der Waals surface area (Å²) in [5, 5.41) is 9.49. The highest BCUT2D eigenvalue weighted by Gasteiger charge is 2.11. The van der Waals surface area contributed by atoms with E-state index < -0.39 is 5.60 Å². The van der Waals surface area contributed by atoms with Crippen LogP contribution in [0.1, 0.15) is 20.3 Å². The van der Waals surface area contributed by atoms with Crippen LogP contribution >= 0.6 is 11.8 Å². The average molecular weight is 229 g/mol. The van der Waals surface area contributed by atoms with Gasteiger partial charge in [-0.1, -0.05) is 0 Å². The summed E-state index contributed by atoms with van der Waals surface area (Å²) in [7, 11) is 0. The van der Waals surface area contributed by atoms with Crippen molar-refractivity contribution in [2.24, 2.45) is 0 Å². The molecule has 0 fully saturated rings. The summed E-state index contributed by atoms with van der Waals surface area (Å²) in [6.07, 6.45) is 0.661. The summed E-state index contributed by atoms with van der Waals surface area (Å²) in [4.78, 5) is 0.803. The summed E-state index contributed by atoms with van der Waals surface area (Å²) < 4.78 is 12.9. The number of rotatable bonds is 4. The molecule has 0 aromatic heterocycles. The molecule has 15 heavy (non-hydrogen) atoms. The molecule has 0 bridgehead atoms. The summed E-state index contributed by atoms with van der Waals surface area (Å²) in [6.45, 7) is 3.51. The largest absolute Gasteiger partial charge is 0.399 e. The standard InChI is InChI=1S/C11H16FNOS/c1-11(2,14)3-4-15-10-6-8(12)5-9(13)7-10/h5-7,14H,3-4,13H2,1-2H3. The van der Waals surface area contributed by atoms with Crippen LogP contribution in [0.25, 0.3) is 0 Å². The van der Waals surface area contributed by atoms with Crippen LogP contribution in [0.3, 0.4) is 0 Å². The number of benzene rings is 1. The van der Waals surface area contributed by atoms with Crippen LogP contribution in [0, 0.1) is 5.82 Å². The number of aliphatic hydroxyl groups is 1. The fourth-order valence-corrected chi connectivity index (χ4v) is 2.34. The number of nitrogens with two attached hydrogens (primary N) is 1. The topological polar surface area (TPSA) is 46.2 Å². The molecule has 2 nitrogen and oxygen atoms in total. The van der Waals surface area contributed by atoms with E-state index in [-0.39, 0.29) is 5.82 Å². The van der Waals surface area contributed by atoms with Gasteiger partial charge in [-0.25, -0.2) is 4.39 Å². The van der Waals surface area contributed by atoms with E-state index in [4.69, 9.17) is 5.73 Å². The molecule has 4 heteroatoms. The fraction of sp³-hybridized carbons (Fsp3) is 0.455. The van der Waals surface area contributed by atoms with Crippen molar-refractivity contribution in [3.8, 4) is 0 Å². The number of halogens is 1. The number of thioether (sulfide) groups is 1. The lowest BCUT2D eigenvalue weighted by molar-refractivity contribution is 0.0778. The smallest absolute Gasteiger partial charge is 0.126 e. The van der Waals surface area contributed by atoms with E-state index in [1.165, 1.54) is 23.9 Å². The van der Waals surface area contributed by atoms with Gasteiger partial charge in [0.25, 0.3) is 0 Å². The molecule has 0 unspecified atom stereocenters. The van der Waals surface area contributed by atoms with Crippen molar-refractivity contribution in [3.63, 3.8) is 0 Å². The van der Waals surface area contributed by atoms with Crippen molar-refractivity contribution in [2.45, 2.75) is 30.8 Å². The van der Waals surface area contributed by atoms with E-state index in [0.29, 0.717) is 12.1 Å². The van der Waals surface area contributed by atoms with E-state index in [1.807, 2.05) is 0 Å². The zero-order valence-corrected chi connectivity index (χ0v) is 9.77. The molecule has 84 valence electrons. The lowest BCUT2D eigenvalue weighted by Gasteiger charge is -2.16. The van der Waals surface area contributed by atoms with Crippen LogP contribution < -0.4 is 5.73 Å². The third kappa shape index (κ3) is 5.04. The number of anilines is 1. The Kier molecular flexibility index (Phi) is 3.99. The van der Waals surface area contributed by atoms with Crippen molar-refractivity contribution < 1.29 is 9.50 Å². The van der Waals surface area contributed by atoms with E-state index in [1.54, 1.807) is 19.9 Å². The maximum absolute atomic E-state index is 12.9. The van der Waals surface area contributed by atoms with Crippen LogP contribution in [-0.4, -0.2) is 16.5 Å². The van der Waals surface area contributed by atoms with Crippen LogP contribution in [0.15, 0.2) is 23.1 Å². The Hall–Kier alpha value is -0.740. The number of nitrogen functional groups attached to an aromatic ring is 1. The van der Waals surface area contributed by atoms with Gasteiger partial charge in [0.15, 0.2) is 0 Å². The summed E-state index contributed by atoms with van der Waals surface area (Å²) in [6, 6.07) is 4.48. The molecular weight excluding hydrogens is 213 g/mol. The highest BCUT2D eigenvalue weighted by Crippen LogP contribution is 2.24. The van der Waals surface area contributed by atoms with Gasteiger partial charge in [0, 0.05) is 16.3 Å². The quantitative estimate of drug-likeness (QED) is 0.616. The second kappa shape index (κ2) is 4.86. The van der Waals surface area contributed by atoms with Gasteiger partial charge in [-0.05, 0) is 38.5 Å². The van der Waals surface area contributed by atoms with Crippen molar-refractivity contribution in [1.82, 2.24) is 0 Å². The average Bonchev–Trinajstić information content (AvgIpc) is 1.99. The highest BCUT2D eigenvalue weighted by molar-refractivity contribution is 7.99. The van der Waals surface area contributed by atoms with Crippen molar-refractivity contribution in [1.29, 1.82) is 0 Å². The highest BCUT2D eigenvalue weighted by atomic mass is 32.2. The first-order valence-corrected chi connectivity index (χ1v) is 5.77. The predicted molar refractivity (Wildman–Crippen MR) is 62.5 cm³/mol. The summed E-state index contributed by atoms with van der Waals surface area (Å²) in [5.74, 6) is 0.424. The van der Waals surface area contributed by atoms with Crippen molar-refractivity contribution >= 4 is 17.4 Å². The number of hydrogen-bond acceptors (Lipinski definition) is 3. The molecule has 1 aromatic carbocycles. The zero-order chi connectivity index (χ0) is 11.5. The maximum Gasteiger partial charge on any atom is 0.126 e. The molecule has 0 radical (unpaired) electrons. The van der Waals surface area contributed by atoms with Crippen LogP contribution in [0.2, 0.25) is 0 Å². The van der Waals surface area contributed by atoms with Gasteiger partial charge in [-0.15, -0.1) is 11.8 Å². The third-order valence-electron chi connectivity index (χ3n) is 1.88. The fourth-order valence-electron chi connectivity index (χ4n) is 1.09. The molecule has 0 saturated heterocycles. The van der Waals surface area contributed by atoms with Gasteiger partial charge in [0.2, 0.25) is 0 Å². The summed E-state index contributed by atoms with van der Waals surface area (Å²) in [5.41, 5.74) is 5.27. The molecule has 3 N–H and O–H groups in total.